The number of hydrogen-bond donors (Lipinski definition) is 3. The fourth-order valence-corrected chi connectivity index (χ4v) is 9.94. The van der Waals surface area contributed by atoms with Gasteiger partial charge >= 0.3 is 0 Å². The van der Waals surface area contributed by atoms with E-state index in [1.165, 1.54) is 0 Å². The maximum Gasteiger partial charge on any atom is 0.240 e. The Morgan fingerprint density at radius 1 is 0.722 bits per heavy atom. The second-order valence-electron chi connectivity index (χ2n) is 18.7. The summed E-state index contributed by atoms with van der Waals surface area (Å²) in [5.41, 5.74) is 13.7. The molecule has 362 valence electrons. The van der Waals surface area contributed by atoms with Crippen molar-refractivity contribution in [3.8, 4) is 23.0 Å². The molecule has 1 unspecified atom stereocenters. The fourth-order valence-electron chi connectivity index (χ4n) is 9.94. The molecule has 0 bridgehead atoms. The Balaban J connectivity index is 0.919. The van der Waals surface area contributed by atoms with Crippen molar-refractivity contribution in [2.24, 2.45) is 11.0 Å². The van der Waals surface area contributed by atoms with Crippen LogP contribution >= 0.6 is 0 Å². The minimum atomic E-state index is -0.0891. The van der Waals surface area contributed by atoms with E-state index in [9.17, 15) is 4.79 Å². The molecule has 0 spiro atoms. The van der Waals surface area contributed by atoms with E-state index in [-0.39, 0.29) is 11.8 Å². The number of imidazole rings is 2. The minimum absolute atomic E-state index is 0.0412. The molecule has 2 aliphatic heterocycles. The number of carbonyl (C=O) groups excluding carboxylic acids is 1. The molecule has 20 heteroatoms. The number of pyridine rings is 1. The third kappa shape index (κ3) is 8.17. The van der Waals surface area contributed by atoms with Crippen LogP contribution in [0.5, 0.6) is 0 Å². The topological polar surface area (TPSA) is 207 Å². The molecular formula is C52H53N19O. The average Bonchev–Trinajstić information content (AvgIpc) is 4.17. The molecule has 1 amide bonds. The van der Waals surface area contributed by atoms with Gasteiger partial charge in [0, 0.05) is 95.6 Å². The van der Waals surface area contributed by atoms with Crippen molar-refractivity contribution in [3.05, 3.63) is 131 Å². The monoisotopic (exact) mass is 959 g/mol. The molecule has 3 N–H and O–H groups in total. The summed E-state index contributed by atoms with van der Waals surface area (Å²) in [7, 11) is 3.99. The van der Waals surface area contributed by atoms with Crippen LogP contribution in [0.4, 0.5) is 17.5 Å². The number of rotatable bonds is 13. The van der Waals surface area contributed by atoms with Gasteiger partial charge in [0.15, 0.2) is 23.3 Å². The van der Waals surface area contributed by atoms with Gasteiger partial charge < -0.3 is 29.6 Å². The smallest absolute Gasteiger partial charge is 0.240 e. The van der Waals surface area contributed by atoms with E-state index in [1.54, 1.807) is 0 Å². The first-order valence-corrected chi connectivity index (χ1v) is 24.4. The van der Waals surface area contributed by atoms with Crippen LogP contribution < -0.4 is 21.0 Å². The normalized spacial score (nSPS) is 15.5. The number of fused-ring (bicyclic) bond motifs is 4. The van der Waals surface area contributed by atoms with E-state index in [0.29, 0.717) is 72.6 Å². The average molecular weight is 960 g/mol. The van der Waals surface area contributed by atoms with Crippen LogP contribution in [0.1, 0.15) is 54.2 Å². The minimum Gasteiger partial charge on any atom is -0.370 e. The van der Waals surface area contributed by atoms with Crippen LogP contribution in [-0.2, 0) is 24.3 Å². The third-order valence-electron chi connectivity index (χ3n) is 13.7. The lowest BCUT2D eigenvalue weighted by molar-refractivity contribution is -0.121. The zero-order valence-corrected chi connectivity index (χ0v) is 40.7. The summed E-state index contributed by atoms with van der Waals surface area (Å²) in [6.45, 7) is 11.5. The first-order valence-electron chi connectivity index (χ1n) is 24.4. The van der Waals surface area contributed by atoms with Gasteiger partial charge in [0.2, 0.25) is 17.2 Å². The number of aryl methyl sites for hydroxylation is 1. The molecule has 9 heterocycles. The number of hydrazone groups is 1. The molecule has 1 fully saturated rings. The predicted octanol–water partition coefficient (Wildman–Crippen LogP) is 6.07. The van der Waals surface area contributed by atoms with Gasteiger partial charge in [-0.2, -0.15) is 5.10 Å². The molecular weight excluding hydrogens is 907 g/mol. The van der Waals surface area contributed by atoms with E-state index in [0.717, 1.165) is 99.5 Å². The van der Waals surface area contributed by atoms with Crippen molar-refractivity contribution in [1.29, 1.82) is 0 Å². The molecule has 1 atom stereocenters. The molecule has 20 nitrogen and oxygen atoms in total. The van der Waals surface area contributed by atoms with Crippen molar-refractivity contribution in [2.45, 2.75) is 46.7 Å². The van der Waals surface area contributed by atoms with Gasteiger partial charge in [-0.05, 0) is 49.7 Å². The van der Waals surface area contributed by atoms with E-state index >= 15 is 0 Å². The van der Waals surface area contributed by atoms with Crippen molar-refractivity contribution in [2.75, 3.05) is 62.4 Å². The molecule has 3 aromatic carbocycles. The largest absolute Gasteiger partial charge is 0.370 e. The summed E-state index contributed by atoms with van der Waals surface area (Å²) in [6.07, 6.45) is 6.71. The number of hydrogen-bond acceptors (Lipinski definition) is 15. The molecule has 1 saturated heterocycles. The lowest BCUT2D eigenvalue weighted by atomic mass is 9.94. The molecule has 0 radical (unpaired) electrons. The van der Waals surface area contributed by atoms with Gasteiger partial charge in [-0.15, -0.1) is 20.4 Å². The van der Waals surface area contributed by atoms with Crippen molar-refractivity contribution >= 4 is 62.4 Å². The molecule has 72 heavy (non-hydrogen) atoms. The van der Waals surface area contributed by atoms with Gasteiger partial charge in [-0.1, -0.05) is 67.6 Å². The highest BCUT2D eigenvalue weighted by atomic mass is 16.2. The van der Waals surface area contributed by atoms with Crippen LogP contribution in [-0.4, -0.2) is 127 Å². The first kappa shape index (κ1) is 44.6. The van der Waals surface area contributed by atoms with Crippen LogP contribution in [0.2, 0.25) is 0 Å². The highest BCUT2D eigenvalue weighted by Gasteiger charge is 2.26. The zero-order valence-electron chi connectivity index (χ0n) is 40.7. The fraction of sp³-hybridized carbons (Fsp3) is 0.288. The Hall–Kier alpha value is -8.65. The summed E-state index contributed by atoms with van der Waals surface area (Å²) >= 11 is 0. The number of nitrogens with one attached hydrogen (secondary N) is 3. The van der Waals surface area contributed by atoms with E-state index in [4.69, 9.17) is 35.1 Å². The summed E-state index contributed by atoms with van der Waals surface area (Å²) in [6, 6.07) is 27.3. The highest BCUT2D eigenvalue weighted by Crippen LogP contribution is 2.32. The summed E-state index contributed by atoms with van der Waals surface area (Å²) in [5.74, 6) is 4.93. The second kappa shape index (κ2) is 18.3. The number of carbonyl (C=O) groups is 1. The Morgan fingerprint density at radius 2 is 1.43 bits per heavy atom. The number of nitrogens with zero attached hydrogens (tertiary/aromatic N) is 16. The molecule has 10 aromatic rings. The predicted molar refractivity (Wildman–Crippen MR) is 277 cm³/mol. The summed E-state index contributed by atoms with van der Waals surface area (Å²) in [5, 5.41) is 29.3. The number of anilines is 3. The Kier molecular flexibility index (Phi) is 11.3. The second-order valence-corrected chi connectivity index (χ2v) is 18.7. The molecule has 0 aliphatic carbocycles. The van der Waals surface area contributed by atoms with Crippen molar-refractivity contribution in [3.63, 3.8) is 0 Å². The number of aromatic nitrogens is 13. The van der Waals surface area contributed by atoms with Gasteiger partial charge in [0.05, 0.1) is 28.5 Å². The standard InChI is InChI=1S/C52H53N19O/c1-6-54-48-52-65-61-44(71(52)30-40(57-48)50-59-38-26-55-43(67-19-17-66(5)18-20-67)25-42(38)70(50)27-33-11-8-7-9-12-33)23-34-13-10-14-35(22-34)28-69-41-16-15-36(46-31(2)21-45(72)62-63-46)24-37(41)58-49(69)39-29-68-32(3)60-64-51(68)47(53-4)56-39/h7-16,22,24-26,29-31H,6,17-21,23,27-28H2,1-5H3,(H,53,56)(H,54,57)(H,62,72). The molecule has 0 saturated carbocycles. The molecule has 12 rings (SSSR count). The Bertz CT molecular complexity index is 3730. The van der Waals surface area contributed by atoms with Gasteiger partial charge in [0.1, 0.15) is 34.4 Å². The van der Waals surface area contributed by atoms with Crippen LogP contribution in [0, 0.1) is 12.8 Å². The lowest BCUT2D eigenvalue weighted by Crippen LogP contribution is -2.44. The number of piperazine rings is 1. The van der Waals surface area contributed by atoms with Crippen LogP contribution in [0.3, 0.4) is 0 Å². The summed E-state index contributed by atoms with van der Waals surface area (Å²) < 4.78 is 8.42. The van der Waals surface area contributed by atoms with Crippen LogP contribution in [0.15, 0.2) is 103 Å². The molecule has 7 aromatic heterocycles. The number of amides is 1. The Labute approximate surface area is 413 Å². The highest BCUT2D eigenvalue weighted by molar-refractivity contribution is 6.07. The van der Waals surface area contributed by atoms with Crippen molar-refractivity contribution in [1.82, 2.24) is 73.6 Å². The maximum atomic E-state index is 12.1. The maximum absolute atomic E-state index is 12.1. The number of likely N-dealkylation sites (N-methyl/N-ethyl adjacent to an activating group) is 1. The van der Waals surface area contributed by atoms with E-state index in [2.05, 4.69) is 118 Å². The van der Waals surface area contributed by atoms with E-state index < -0.39 is 0 Å². The van der Waals surface area contributed by atoms with Gasteiger partial charge in [-0.3, -0.25) is 13.6 Å². The van der Waals surface area contributed by atoms with Gasteiger partial charge in [-0.25, -0.2) is 30.3 Å². The summed E-state index contributed by atoms with van der Waals surface area (Å²) in [4.78, 5) is 42.4. The lowest BCUT2D eigenvalue weighted by Gasteiger charge is -2.33. The van der Waals surface area contributed by atoms with Gasteiger partial charge in [0.25, 0.3) is 0 Å². The molecule has 2 aliphatic rings. The van der Waals surface area contributed by atoms with E-state index in [1.807, 2.05) is 73.4 Å². The quantitative estimate of drug-likeness (QED) is 0.120. The number of benzene rings is 3. The van der Waals surface area contributed by atoms with Crippen molar-refractivity contribution < 1.29 is 4.79 Å². The van der Waals surface area contributed by atoms with Crippen LogP contribution in [0.25, 0.3) is 56.4 Å². The zero-order chi connectivity index (χ0) is 49.0. The first-order chi connectivity index (χ1) is 35.2. The SMILES string of the molecule is CCNc1nc(-c2nc3cnc(N4CCN(C)CC4)cc3n2Cc2ccccc2)cn2c(Cc3cccc(Cn4c(-c5cn6c(C)nnc6c(NC)n5)nc5cc(C6=NNC(=O)CC6C)ccc54)c3)nnc12. The third-order valence-corrected chi connectivity index (χ3v) is 13.7. The Morgan fingerprint density at radius 3 is 2.22 bits per heavy atom.